The lowest BCUT2D eigenvalue weighted by Crippen LogP contribution is -2.44. The number of aromatic nitrogens is 2. The molecule has 1 aromatic heterocycles. The molecule has 5 nitrogen and oxygen atoms in total. The van der Waals surface area contributed by atoms with Crippen LogP contribution in [0.25, 0.3) is 11.0 Å². The van der Waals surface area contributed by atoms with Crippen LogP contribution in [0.15, 0.2) is 30.6 Å². The second-order valence-corrected chi connectivity index (χ2v) is 7.65. The van der Waals surface area contributed by atoms with Gasteiger partial charge in [-0.15, -0.1) is 0 Å². The maximum absolute atomic E-state index is 12.2. The summed E-state index contributed by atoms with van der Waals surface area (Å²) in [7, 11) is 0. The third-order valence-electron chi connectivity index (χ3n) is 5.78. The number of piperidine rings is 1. The lowest BCUT2D eigenvalue weighted by molar-refractivity contribution is -0.123. The molecule has 134 valence electrons. The Hall–Kier alpha value is -1.88. The highest BCUT2D eigenvalue weighted by atomic mass is 16.2. The van der Waals surface area contributed by atoms with Crippen LogP contribution in [0.1, 0.15) is 38.5 Å². The summed E-state index contributed by atoms with van der Waals surface area (Å²) < 4.78 is 2.28. The van der Waals surface area contributed by atoms with Gasteiger partial charge in [-0.05, 0) is 56.8 Å². The van der Waals surface area contributed by atoms with Crippen LogP contribution in [0.4, 0.5) is 0 Å². The Labute approximate surface area is 149 Å². The van der Waals surface area contributed by atoms with E-state index in [2.05, 4.69) is 38.0 Å². The molecule has 1 saturated carbocycles. The van der Waals surface area contributed by atoms with E-state index in [0.29, 0.717) is 18.5 Å². The van der Waals surface area contributed by atoms with E-state index < -0.39 is 0 Å². The van der Waals surface area contributed by atoms with Crippen molar-refractivity contribution >= 4 is 16.9 Å². The van der Waals surface area contributed by atoms with E-state index in [1.165, 1.54) is 18.4 Å². The first-order valence-electron chi connectivity index (χ1n) is 9.69. The number of benzene rings is 1. The van der Waals surface area contributed by atoms with Crippen molar-refractivity contribution in [3.63, 3.8) is 0 Å². The molecule has 4 rings (SSSR count). The zero-order valence-electron chi connectivity index (χ0n) is 14.9. The minimum atomic E-state index is 0.214. The predicted molar refractivity (Wildman–Crippen MR) is 99.3 cm³/mol. The van der Waals surface area contributed by atoms with E-state index in [1.807, 2.05) is 12.4 Å². The minimum absolute atomic E-state index is 0.214. The summed E-state index contributed by atoms with van der Waals surface area (Å²) in [5.74, 6) is 0.887. The molecule has 0 radical (unpaired) electrons. The number of amides is 1. The fourth-order valence-corrected chi connectivity index (χ4v) is 4.31. The quantitative estimate of drug-likeness (QED) is 0.910. The lowest BCUT2D eigenvalue weighted by atomic mass is 9.96. The second-order valence-electron chi connectivity index (χ2n) is 7.65. The standard InChI is InChI=1S/C20H28N4O/c25-20(22-17-5-1-2-6-17)14-23-11-9-16(10-12-23)13-24-15-21-18-7-3-4-8-19(18)24/h3-4,7-8,15-17H,1-2,5-6,9-14H2,(H,22,25). The molecule has 1 saturated heterocycles. The van der Waals surface area contributed by atoms with Gasteiger partial charge in [0, 0.05) is 12.6 Å². The van der Waals surface area contributed by atoms with Gasteiger partial charge in [-0.3, -0.25) is 9.69 Å². The monoisotopic (exact) mass is 340 g/mol. The first-order chi connectivity index (χ1) is 12.3. The van der Waals surface area contributed by atoms with Crippen molar-refractivity contribution in [3.05, 3.63) is 30.6 Å². The van der Waals surface area contributed by atoms with E-state index in [9.17, 15) is 4.79 Å². The molecule has 0 unspecified atom stereocenters. The second kappa shape index (κ2) is 7.56. The molecule has 2 fully saturated rings. The van der Waals surface area contributed by atoms with E-state index in [1.54, 1.807) is 0 Å². The number of hydrogen-bond acceptors (Lipinski definition) is 3. The number of nitrogens with zero attached hydrogens (tertiary/aromatic N) is 3. The fourth-order valence-electron chi connectivity index (χ4n) is 4.31. The van der Waals surface area contributed by atoms with Gasteiger partial charge in [0.2, 0.25) is 5.91 Å². The summed E-state index contributed by atoms with van der Waals surface area (Å²) in [6.07, 6.45) is 9.12. The molecular weight excluding hydrogens is 312 g/mol. The average Bonchev–Trinajstić information content (AvgIpc) is 3.27. The molecule has 0 atom stereocenters. The number of nitrogens with one attached hydrogen (secondary N) is 1. The summed E-state index contributed by atoms with van der Waals surface area (Å²) in [5, 5.41) is 3.20. The highest BCUT2D eigenvalue weighted by Gasteiger charge is 2.23. The third-order valence-corrected chi connectivity index (χ3v) is 5.78. The van der Waals surface area contributed by atoms with Crippen molar-refractivity contribution in [1.29, 1.82) is 0 Å². The van der Waals surface area contributed by atoms with E-state index in [-0.39, 0.29) is 5.91 Å². The number of hydrogen-bond donors (Lipinski definition) is 1. The molecule has 0 spiro atoms. The van der Waals surface area contributed by atoms with Crippen molar-refractivity contribution < 1.29 is 4.79 Å². The Bertz CT molecular complexity index is 711. The van der Waals surface area contributed by atoms with Gasteiger partial charge in [-0.2, -0.15) is 0 Å². The summed E-state index contributed by atoms with van der Waals surface area (Å²) in [5.41, 5.74) is 2.30. The minimum Gasteiger partial charge on any atom is -0.352 e. The molecular formula is C20H28N4O. The third kappa shape index (κ3) is 4.03. The number of carbonyl (C=O) groups excluding carboxylic acids is 1. The van der Waals surface area contributed by atoms with Gasteiger partial charge in [0.25, 0.3) is 0 Å². The molecule has 1 N–H and O–H groups in total. The van der Waals surface area contributed by atoms with E-state index in [0.717, 1.165) is 50.8 Å². The number of likely N-dealkylation sites (tertiary alicyclic amines) is 1. The summed E-state index contributed by atoms with van der Waals surface area (Å²) in [6, 6.07) is 8.75. The van der Waals surface area contributed by atoms with Crippen molar-refractivity contribution in [1.82, 2.24) is 19.8 Å². The van der Waals surface area contributed by atoms with Crippen LogP contribution in [-0.2, 0) is 11.3 Å². The van der Waals surface area contributed by atoms with Gasteiger partial charge in [0.1, 0.15) is 0 Å². The number of carbonyl (C=O) groups is 1. The Morgan fingerprint density at radius 2 is 1.88 bits per heavy atom. The first-order valence-corrected chi connectivity index (χ1v) is 9.69. The zero-order valence-corrected chi connectivity index (χ0v) is 14.9. The van der Waals surface area contributed by atoms with Crippen molar-refractivity contribution in [2.24, 2.45) is 5.92 Å². The number of rotatable bonds is 5. The highest BCUT2D eigenvalue weighted by molar-refractivity contribution is 5.78. The normalized spacial score (nSPS) is 20.3. The average molecular weight is 340 g/mol. The van der Waals surface area contributed by atoms with Gasteiger partial charge in [0.05, 0.1) is 23.9 Å². The lowest BCUT2D eigenvalue weighted by Gasteiger charge is -2.32. The van der Waals surface area contributed by atoms with Crippen LogP contribution in [0, 0.1) is 5.92 Å². The molecule has 1 aliphatic heterocycles. The van der Waals surface area contributed by atoms with Crippen LogP contribution < -0.4 is 5.32 Å². The van der Waals surface area contributed by atoms with Crippen LogP contribution in [0.5, 0.6) is 0 Å². The molecule has 25 heavy (non-hydrogen) atoms. The smallest absolute Gasteiger partial charge is 0.234 e. The maximum Gasteiger partial charge on any atom is 0.234 e. The SMILES string of the molecule is O=C(CN1CCC(Cn2cnc3ccccc32)CC1)NC1CCCC1. The topological polar surface area (TPSA) is 50.2 Å². The van der Waals surface area contributed by atoms with Crippen molar-refractivity contribution in [3.8, 4) is 0 Å². The van der Waals surface area contributed by atoms with E-state index >= 15 is 0 Å². The molecule has 5 heteroatoms. The van der Waals surface area contributed by atoms with Crippen LogP contribution in [0.2, 0.25) is 0 Å². The van der Waals surface area contributed by atoms with Gasteiger partial charge >= 0.3 is 0 Å². The van der Waals surface area contributed by atoms with E-state index in [4.69, 9.17) is 0 Å². The Morgan fingerprint density at radius 3 is 2.68 bits per heavy atom. The molecule has 1 amide bonds. The van der Waals surface area contributed by atoms with Gasteiger partial charge in [-0.1, -0.05) is 25.0 Å². The Balaban J connectivity index is 1.24. The molecule has 0 bridgehead atoms. The van der Waals surface area contributed by atoms with Crippen LogP contribution in [0.3, 0.4) is 0 Å². The Morgan fingerprint density at radius 1 is 1.12 bits per heavy atom. The molecule has 2 heterocycles. The van der Waals surface area contributed by atoms with Crippen LogP contribution in [-0.4, -0.2) is 46.0 Å². The summed E-state index contributed by atoms with van der Waals surface area (Å²) >= 11 is 0. The van der Waals surface area contributed by atoms with Crippen molar-refractivity contribution in [2.45, 2.75) is 51.1 Å². The largest absolute Gasteiger partial charge is 0.352 e. The molecule has 1 aromatic carbocycles. The highest BCUT2D eigenvalue weighted by Crippen LogP contribution is 2.22. The fraction of sp³-hybridized carbons (Fsp3) is 0.600. The zero-order chi connectivity index (χ0) is 17.1. The molecule has 2 aliphatic rings. The van der Waals surface area contributed by atoms with Crippen LogP contribution >= 0.6 is 0 Å². The Kier molecular flexibility index (Phi) is 5.02. The van der Waals surface area contributed by atoms with Crippen molar-refractivity contribution in [2.75, 3.05) is 19.6 Å². The molecule has 2 aromatic rings. The molecule has 1 aliphatic carbocycles. The van der Waals surface area contributed by atoms with Gasteiger partial charge in [-0.25, -0.2) is 4.98 Å². The number of imidazole rings is 1. The predicted octanol–water partition coefficient (Wildman–Crippen LogP) is 2.81. The number of para-hydroxylation sites is 2. The maximum atomic E-state index is 12.2. The van der Waals surface area contributed by atoms with Gasteiger partial charge in [0.15, 0.2) is 0 Å². The number of fused-ring (bicyclic) bond motifs is 1. The first kappa shape index (κ1) is 16.6. The summed E-state index contributed by atoms with van der Waals surface area (Å²) in [4.78, 5) is 19.0. The summed E-state index contributed by atoms with van der Waals surface area (Å²) in [6.45, 7) is 3.64. The van der Waals surface area contributed by atoms with Gasteiger partial charge < -0.3 is 9.88 Å².